The summed E-state index contributed by atoms with van der Waals surface area (Å²) >= 11 is 0. The van der Waals surface area contributed by atoms with Gasteiger partial charge in [0.05, 0.1) is 6.54 Å². The first-order valence-electron chi connectivity index (χ1n) is 10.0. The fraction of sp³-hybridized carbons (Fsp3) is 0.524. The molecule has 1 aromatic carbocycles. The van der Waals surface area contributed by atoms with Gasteiger partial charge in [-0.05, 0) is 37.1 Å². The van der Waals surface area contributed by atoms with Gasteiger partial charge in [-0.25, -0.2) is 0 Å². The van der Waals surface area contributed by atoms with Crippen molar-refractivity contribution in [3.05, 3.63) is 29.3 Å². The molecule has 3 rings (SSSR count). The Morgan fingerprint density at radius 3 is 2.58 bits per heavy atom. The van der Waals surface area contributed by atoms with Crippen LogP contribution in [0.5, 0.6) is 0 Å². The van der Waals surface area contributed by atoms with Crippen LogP contribution in [0.4, 0.5) is 5.69 Å². The lowest BCUT2D eigenvalue weighted by atomic mass is 9.93. The first kappa shape index (κ1) is 22.9. The summed E-state index contributed by atoms with van der Waals surface area (Å²) < 4.78 is 11.1. The standard InChI is InChI=1S/C21H28N4O5S/c1-20(2)19(29)25(7-8-31(20)30)12-17(27)23-16-6-5-14-10-21(18(28)22-3,24(4)13-26)11-15(14)9-16/h5-6,9,13H,7-8,10-12H2,1-4H3,(H,22,28)(H,23,27). The molecular formula is C21H28N4O5S. The van der Waals surface area contributed by atoms with Gasteiger partial charge in [0.2, 0.25) is 24.1 Å². The molecule has 2 N–H and O–H groups in total. The molecule has 1 fully saturated rings. The maximum absolute atomic E-state index is 12.6. The maximum Gasteiger partial charge on any atom is 0.246 e. The van der Waals surface area contributed by atoms with Crippen molar-refractivity contribution in [3.8, 4) is 0 Å². The molecule has 0 bridgehead atoms. The average Bonchev–Trinajstić information content (AvgIpc) is 3.13. The zero-order chi connectivity index (χ0) is 23.0. The minimum atomic E-state index is -1.26. The van der Waals surface area contributed by atoms with Gasteiger partial charge in [-0.1, -0.05) is 6.07 Å². The number of amides is 4. The van der Waals surface area contributed by atoms with Crippen LogP contribution >= 0.6 is 0 Å². The van der Waals surface area contributed by atoms with Crippen LogP contribution in [0.1, 0.15) is 25.0 Å². The Hall–Kier alpha value is -2.75. The van der Waals surface area contributed by atoms with Crippen molar-refractivity contribution in [3.63, 3.8) is 0 Å². The van der Waals surface area contributed by atoms with Crippen LogP contribution in [0.15, 0.2) is 18.2 Å². The second-order valence-corrected chi connectivity index (χ2v) is 10.6. The molecular weight excluding hydrogens is 420 g/mol. The molecule has 0 aromatic heterocycles. The number of hydrogen-bond donors (Lipinski definition) is 2. The van der Waals surface area contributed by atoms with Crippen LogP contribution in [0, 0.1) is 0 Å². The van der Waals surface area contributed by atoms with Gasteiger partial charge in [-0.2, -0.15) is 0 Å². The highest BCUT2D eigenvalue weighted by molar-refractivity contribution is 7.87. The van der Waals surface area contributed by atoms with Crippen molar-refractivity contribution in [2.24, 2.45) is 0 Å². The normalized spacial score (nSPS) is 24.3. The highest BCUT2D eigenvalue weighted by Crippen LogP contribution is 2.35. The van der Waals surface area contributed by atoms with Gasteiger partial charge < -0.3 is 20.4 Å². The molecule has 2 aliphatic rings. The third-order valence-corrected chi connectivity index (χ3v) is 8.06. The van der Waals surface area contributed by atoms with E-state index in [4.69, 9.17) is 0 Å². The molecule has 0 radical (unpaired) electrons. The van der Waals surface area contributed by atoms with E-state index in [2.05, 4.69) is 10.6 Å². The van der Waals surface area contributed by atoms with E-state index in [1.165, 1.54) is 16.8 Å². The number of nitrogens with zero attached hydrogens (tertiary/aromatic N) is 2. The molecule has 1 aliphatic carbocycles. The molecule has 2 unspecified atom stereocenters. The monoisotopic (exact) mass is 448 g/mol. The van der Waals surface area contributed by atoms with Crippen molar-refractivity contribution in [1.29, 1.82) is 0 Å². The molecule has 0 saturated carbocycles. The SMILES string of the molecule is CNC(=O)C1(N(C)C=O)Cc2ccc(NC(=O)CN3CCS(=O)C(C)(C)C3=O)cc2C1. The Morgan fingerprint density at radius 2 is 1.94 bits per heavy atom. The minimum Gasteiger partial charge on any atom is -0.357 e. The third kappa shape index (κ3) is 4.08. The first-order chi connectivity index (χ1) is 14.5. The maximum atomic E-state index is 12.6. The van der Waals surface area contributed by atoms with E-state index >= 15 is 0 Å². The quantitative estimate of drug-likeness (QED) is 0.578. The molecule has 1 aliphatic heterocycles. The van der Waals surface area contributed by atoms with Gasteiger partial charge in [0.15, 0.2) is 0 Å². The molecule has 10 heteroatoms. The molecule has 4 amide bonds. The van der Waals surface area contributed by atoms with Crippen molar-refractivity contribution < 1.29 is 23.4 Å². The number of likely N-dealkylation sites (N-methyl/N-ethyl adjacent to an activating group) is 2. The largest absolute Gasteiger partial charge is 0.357 e. The van der Waals surface area contributed by atoms with Gasteiger partial charge >= 0.3 is 0 Å². The summed E-state index contributed by atoms with van der Waals surface area (Å²) in [7, 11) is 1.87. The van der Waals surface area contributed by atoms with Crippen molar-refractivity contribution >= 4 is 40.6 Å². The Balaban J connectivity index is 1.72. The summed E-state index contributed by atoms with van der Waals surface area (Å²) in [5.41, 5.74) is 1.37. The van der Waals surface area contributed by atoms with E-state index in [0.717, 1.165) is 11.1 Å². The van der Waals surface area contributed by atoms with E-state index in [1.54, 1.807) is 33.0 Å². The number of anilines is 1. The molecule has 31 heavy (non-hydrogen) atoms. The van der Waals surface area contributed by atoms with Gasteiger partial charge in [0.25, 0.3) is 0 Å². The summed E-state index contributed by atoms with van der Waals surface area (Å²) in [6.07, 6.45) is 1.37. The van der Waals surface area contributed by atoms with Crippen LogP contribution in [0.25, 0.3) is 0 Å². The van der Waals surface area contributed by atoms with Gasteiger partial charge in [-0.15, -0.1) is 0 Å². The number of carbonyl (C=O) groups is 4. The van der Waals surface area contributed by atoms with E-state index in [9.17, 15) is 23.4 Å². The van der Waals surface area contributed by atoms with Crippen molar-refractivity contribution in [2.75, 3.05) is 38.3 Å². The Bertz CT molecular complexity index is 963. The number of carbonyl (C=O) groups excluding carboxylic acids is 4. The van der Waals surface area contributed by atoms with E-state index in [-0.39, 0.29) is 30.8 Å². The Kier molecular flexibility index (Phi) is 6.22. The van der Waals surface area contributed by atoms with Crippen LogP contribution < -0.4 is 10.6 Å². The molecule has 1 saturated heterocycles. The van der Waals surface area contributed by atoms with Gasteiger partial charge in [-0.3, -0.25) is 23.4 Å². The Labute approximate surface area is 184 Å². The fourth-order valence-corrected chi connectivity index (χ4v) is 5.41. The van der Waals surface area contributed by atoms with Gasteiger partial charge in [0.1, 0.15) is 10.3 Å². The summed E-state index contributed by atoms with van der Waals surface area (Å²) in [5, 5.41) is 5.44. The number of benzene rings is 1. The van der Waals surface area contributed by atoms with Crippen LogP contribution in [-0.4, -0.2) is 81.4 Å². The van der Waals surface area contributed by atoms with E-state index < -0.39 is 21.1 Å². The van der Waals surface area contributed by atoms with Crippen molar-refractivity contribution in [2.45, 2.75) is 37.0 Å². The highest BCUT2D eigenvalue weighted by Gasteiger charge is 2.46. The zero-order valence-corrected chi connectivity index (χ0v) is 19.0. The van der Waals surface area contributed by atoms with Crippen molar-refractivity contribution in [1.82, 2.24) is 15.1 Å². The van der Waals surface area contributed by atoms with Crippen LogP contribution in [0.2, 0.25) is 0 Å². The van der Waals surface area contributed by atoms with Crippen LogP contribution in [0.3, 0.4) is 0 Å². The predicted molar refractivity (Wildman–Crippen MR) is 117 cm³/mol. The lowest BCUT2D eigenvalue weighted by molar-refractivity contribution is -0.138. The zero-order valence-electron chi connectivity index (χ0n) is 18.2. The third-order valence-electron chi connectivity index (χ3n) is 6.19. The lowest BCUT2D eigenvalue weighted by Gasteiger charge is -2.35. The second-order valence-electron chi connectivity index (χ2n) is 8.50. The number of hydrogen-bond acceptors (Lipinski definition) is 5. The molecule has 0 spiro atoms. The smallest absolute Gasteiger partial charge is 0.246 e. The molecule has 2 atom stereocenters. The summed E-state index contributed by atoms with van der Waals surface area (Å²) in [6, 6.07) is 5.38. The number of rotatable bonds is 6. The van der Waals surface area contributed by atoms with E-state index in [0.29, 0.717) is 30.7 Å². The molecule has 1 aromatic rings. The number of nitrogens with one attached hydrogen (secondary N) is 2. The first-order valence-corrected chi connectivity index (χ1v) is 11.4. The fourth-order valence-electron chi connectivity index (χ4n) is 4.19. The summed E-state index contributed by atoms with van der Waals surface area (Å²) in [4.78, 5) is 51.9. The topological polar surface area (TPSA) is 116 Å². The van der Waals surface area contributed by atoms with E-state index in [1.807, 2.05) is 6.07 Å². The Morgan fingerprint density at radius 1 is 1.26 bits per heavy atom. The van der Waals surface area contributed by atoms with Crippen LogP contribution in [-0.2, 0) is 42.8 Å². The summed E-state index contributed by atoms with van der Waals surface area (Å²) in [6.45, 7) is 3.42. The summed E-state index contributed by atoms with van der Waals surface area (Å²) in [5.74, 6) is -0.547. The average molecular weight is 449 g/mol. The molecule has 168 valence electrons. The predicted octanol–water partition coefficient (Wildman–Crippen LogP) is -0.334. The second kappa shape index (κ2) is 8.41. The molecule has 9 nitrogen and oxygen atoms in total. The lowest BCUT2D eigenvalue weighted by Crippen LogP contribution is -2.57. The minimum absolute atomic E-state index is 0.118. The van der Waals surface area contributed by atoms with Gasteiger partial charge in [0, 0.05) is 55.7 Å². The highest BCUT2D eigenvalue weighted by atomic mass is 32.2. The number of fused-ring (bicyclic) bond motifs is 1. The molecule has 1 heterocycles.